The SMILES string of the molecule is CC[C@@H](C)Nc1nc(NC(=O)c2cccc(N)c2)cc(-c2ccccc2)n1. The zero-order valence-electron chi connectivity index (χ0n) is 15.4. The van der Waals surface area contributed by atoms with E-state index in [9.17, 15) is 4.79 Å². The van der Waals surface area contributed by atoms with Crippen molar-refractivity contribution in [3.63, 3.8) is 0 Å². The van der Waals surface area contributed by atoms with Gasteiger partial charge in [-0.1, -0.05) is 43.3 Å². The number of amides is 1. The van der Waals surface area contributed by atoms with Crippen molar-refractivity contribution in [2.45, 2.75) is 26.3 Å². The molecule has 1 aromatic heterocycles. The Morgan fingerprint density at radius 1 is 1.07 bits per heavy atom. The molecule has 3 aromatic rings. The van der Waals surface area contributed by atoms with Crippen molar-refractivity contribution in [2.75, 3.05) is 16.4 Å². The number of nitrogens with zero attached hydrogens (tertiary/aromatic N) is 2. The first-order chi connectivity index (χ1) is 13.0. The lowest BCUT2D eigenvalue weighted by atomic mass is 10.1. The highest BCUT2D eigenvalue weighted by Crippen LogP contribution is 2.22. The predicted molar refractivity (Wildman–Crippen MR) is 110 cm³/mol. The summed E-state index contributed by atoms with van der Waals surface area (Å²) in [7, 11) is 0. The standard InChI is InChI=1S/C21H23N5O/c1-3-14(2)23-21-24-18(15-8-5-4-6-9-15)13-19(26-21)25-20(27)16-10-7-11-17(22)12-16/h4-14H,3,22H2,1-2H3,(H2,23,24,25,26,27)/t14-/m1/s1. The third kappa shape index (κ3) is 4.82. The molecule has 1 atom stereocenters. The molecule has 0 unspecified atom stereocenters. The molecule has 4 N–H and O–H groups in total. The summed E-state index contributed by atoms with van der Waals surface area (Å²) in [6.07, 6.45) is 0.934. The van der Waals surface area contributed by atoms with Crippen LogP contribution in [0.5, 0.6) is 0 Å². The highest BCUT2D eigenvalue weighted by Gasteiger charge is 2.12. The van der Waals surface area contributed by atoms with Crippen LogP contribution in [0.1, 0.15) is 30.6 Å². The second-order valence-electron chi connectivity index (χ2n) is 6.36. The molecule has 6 heteroatoms. The van der Waals surface area contributed by atoms with Crippen LogP contribution in [0.15, 0.2) is 60.7 Å². The van der Waals surface area contributed by atoms with Crippen molar-refractivity contribution < 1.29 is 4.79 Å². The third-order valence-electron chi connectivity index (χ3n) is 4.17. The highest BCUT2D eigenvalue weighted by molar-refractivity contribution is 6.04. The summed E-state index contributed by atoms with van der Waals surface area (Å²) in [6, 6.07) is 18.6. The summed E-state index contributed by atoms with van der Waals surface area (Å²) >= 11 is 0. The van der Waals surface area contributed by atoms with Crippen molar-refractivity contribution >= 4 is 23.4 Å². The van der Waals surface area contributed by atoms with Crippen molar-refractivity contribution in [3.05, 3.63) is 66.2 Å². The monoisotopic (exact) mass is 361 g/mol. The molecule has 6 nitrogen and oxygen atoms in total. The zero-order valence-corrected chi connectivity index (χ0v) is 15.4. The van der Waals surface area contributed by atoms with E-state index in [1.807, 2.05) is 30.3 Å². The number of carbonyl (C=O) groups is 1. The van der Waals surface area contributed by atoms with Crippen LogP contribution in [0.25, 0.3) is 11.3 Å². The Labute approximate surface area is 158 Å². The lowest BCUT2D eigenvalue weighted by molar-refractivity contribution is 0.102. The molecule has 0 fully saturated rings. The molecule has 0 aliphatic carbocycles. The zero-order chi connectivity index (χ0) is 19.2. The van der Waals surface area contributed by atoms with Crippen LogP contribution in [-0.4, -0.2) is 21.9 Å². The average Bonchev–Trinajstić information content (AvgIpc) is 2.68. The number of anilines is 3. The molecule has 0 aliphatic rings. The van der Waals surface area contributed by atoms with Gasteiger partial charge >= 0.3 is 0 Å². The molecule has 1 heterocycles. The third-order valence-corrected chi connectivity index (χ3v) is 4.17. The minimum Gasteiger partial charge on any atom is -0.399 e. The Balaban J connectivity index is 1.93. The van der Waals surface area contributed by atoms with Gasteiger partial charge in [-0.15, -0.1) is 0 Å². The summed E-state index contributed by atoms with van der Waals surface area (Å²) in [5.74, 6) is 0.644. The van der Waals surface area contributed by atoms with E-state index < -0.39 is 0 Å². The van der Waals surface area contributed by atoms with Crippen molar-refractivity contribution in [2.24, 2.45) is 0 Å². The van der Waals surface area contributed by atoms with E-state index in [4.69, 9.17) is 5.73 Å². The molecule has 27 heavy (non-hydrogen) atoms. The van der Waals surface area contributed by atoms with E-state index in [2.05, 4.69) is 34.4 Å². The van der Waals surface area contributed by atoms with Gasteiger partial charge in [0.1, 0.15) is 5.82 Å². The van der Waals surface area contributed by atoms with Gasteiger partial charge in [0, 0.05) is 28.9 Å². The predicted octanol–water partition coefficient (Wildman–Crippen LogP) is 4.19. The minimum absolute atomic E-state index is 0.216. The number of rotatable bonds is 6. The number of nitrogens with one attached hydrogen (secondary N) is 2. The molecule has 0 bridgehead atoms. The maximum atomic E-state index is 12.6. The van der Waals surface area contributed by atoms with Crippen molar-refractivity contribution in [1.29, 1.82) is 0 Å². The molecule has 0 radical (unpaired) electrons. The molecule has 0 saturated carbocycles. The molecule has 1 amide bonds. The second kappa shape index (κ2) is 8.31. The van der Waals surface area contributed by atoms with Crippen LogP contribution in [0.3, 0.4) is 0 Å². The van der Waals surface area contributed by atoms with Crippen LogP contribution < -0.4 is 16.4 Å². The van der Waals surface area contributed by atoms with Gasteiger partial charge in [-0.2, -0.15) is 4.98 Å². The molecule has 0 aliphatic heterocycles. The largest absolute Gasteiger partial charge is 0.399 e. The number of hydrogen-bond donors (Lipinski definition) is 3. The van der Waals surface area contributed by atoms with Crippen LogP contribution in [0.2, 0.25) is 0 Å². The topological polar surface area (TPSA) is 92.9 Å². The van der Waals surface area contributed by atoms with E-state index in [1.165, 1.54) is 0 Å². The van der Waals surface area contributed by atoms with Gasteiger partial charge in [0.25, 0.3) is 5.91 Å². The Kier molecular flexibility index (Phi) is 5.66. The van der Waals surface area contributed by atoms with E-state index >= 15 is 0 Å². The molecule has 0 saturated heterocycles. The van der Waals surface area contributed by atoms with Gasteiger partial charge in [-0.05, 0) is 31.5 Å². The summed E-state index contributed by atoms with van der Waals surface area (Å²) in [4.78, 5) is 21.6. The van der Waals surface area contributed by atoms with Gasteiger partial charge in [0.05, 0.1) is 5.69 Å². The normalized spacial score (nSPS) is 11.6. The van der Waals surface area contributed by atoms with Crippen LogP contribution in [0, 0.1) is 0 Å². The van der Waals surface area contributed by atoms with Gasteiger partial charge in [-0.25, -0.2) is 4.98 Å². The Morgan fingerprint density at radius 2 is 1.85 bits per heavy atom. The summed E-state index contributed by atoms with van der Waals surface area (Å²) in [5, 5.41) is 6.11. The van der Waals surface area contributed by atoms with Crippen LogP contribution in [0.4, 0.5) is 17.5 Å². The Bertz CT molecular complexity index is 927. The first-order valence-corrected chi connectivity index (χ1v) is 8.93. The fourth-order valence-electron chi connectivity index (χ4n) is 2.52. The van der Waals surface area contributed by atoms with Gasteiger partial charge in [0.2, 0.25) is 5.95 Å². The van der Waals surface area contributed by atoms with Gasteiger partial charge in [0.15, 0.2) is 0 Å². The molecule has 2 aromatic carbocycles. The summed E-state index contributed by atoms with van der Waals surface area (Å²) in [6.45, 7) is 4.14. The fourth-order valence-corrected chi connectivity index (χ4v) is 2.52. The van der Waals surface area contributed by atoms with E-state index in [0.717, 1.165) is 17.7 Å². The van der Waals surface area contributed by atoms with Crippen LogP contribution in [-0.2, 0) is 0 Å². The molecular weight excluding hydrogens is 338 g/mol. The minimum atomic E-state index is -0.269. The van der Waals surface area contributed by atoms with Gasteiger partial charge in [-0.3, -0.25) is 4.79 Å². The fraction of sp³-hybridized carbons (Fsp3) is 0.190. The molecule has 138 valence electrons. The maximum Gasteiger partial charge on any atom is 0.256 e. The number of benzene rings is 2. The maximum absolute atomic E-state index is 12.6. The second-order valence-corrected chi connectivity index (χ2v) is 6.36. The van der Waals surface area contributed by atoms with Gasteiger partial charge < -0.3 is 16.4 Å². The lowest BCUT2D eigenvalue weighted by Crippen LogP contribution is -2.18. The summed E-state index contributed by atoms with van der Waals surface area (Å²) in [5.41, 5.74) is 8.47. The number of hydrogen-bond acceptors (Lipinski definition) is 5. The van der Waals surface area contributed by atoms with Crippen molar-refractivity contribution in [3.8, 4) is 11.3 Å². The number of carbonyl (C=O) groups excluding carboxylic acids is 1. The Morgan fingerprint density at radius 3 is 2.56 bits per heavy atom. The highest BCUT2D eigenvalue weighted by atomic mass is 16.1. The van der Waals surface area contributed by atoms with E-state index in [0.29, 0.717) is 23.0 Å². The first-order valence-electron chi connectivity index (χ1n) is 8.93. The average molecular weight is 361 g/mol. The van der Waals surface area contributed by atoms with E-state index in [-0.39, 0.29) is 11.9 Å². The molecule has 0 spiro atoms. The lowest BCUT2D eigenvalue weighted by Gasteiger charge is -2.14. The summed E-state index contributed by atoms with van der Waals surface area (Å²) < 4.78 is 0. The van der Waals surface area contributed by atoms with E-state index in [1.54, 1.807) is 30.3 Å². The molecule has 3 rings (SSSR count). The smallest absolute Gasteiger partial charge is 0.256 e. The molecular formula is C21H23N5O. The van der Waals surface area contributed by atoms with Crippen molar-refractivity contribution in [1.82, 2.24) is 9.97 Å². The number of nitrogen functional groups attached to an aromatic ring is 1. The number of nitrogens with two attached hydrogens (primary N) is 1. The van der Waals surface area contributed by atoms with Crippen LogP contribution >= 0.6 is 0 Å². The quantitative estimate of drug-likeness (QED) is 0.573. The number of aromatic nitrogens is 2. The Hall–Kier alpha value is -3.41. The first kappa shape index (κ1) is 18.4.